The van der Waals surface area contributed by atoms with Crippen LogP contribution in [0.2, 0.25) is 0 Å². The summed E-state index contributed by atoms with van der Waals surface area (Å²) in [5.41, 5.74) is 5.78. The zero-order valence-corrected chi connectivity index (χ0v) is 21.5. The smallest absolute Gasteiger partial charge is 0.303 e. The number of aliphatic carboxylic acids is 1. The number of aryl methyl sites for hydroxylation is 2. The van der Waals surface area contributed by atoms with Crippen molar-refractivity contribution in [1.82, 2.24) is 5.32 Å². The van der Waals surface area contributed by atoms with Crippen LogP contribution >= 0.6 is 0 Å². The van der Waals surface area contributed by atoms with Gasteiger partial charge in [-0.05, 0) is 60.1 Å². The molecule has 4 heteroatoms. The predicted molar refractivity (Wildman–Crippen MR) is 155 cm³/mol. The van der Waals surface area contributed by atoms with Gasteiger partial charge in [0.2, 0.25) is 0 Å². The molecule has 1 aliphatic rings. The van der Waals surface area contributed by atoms with Gasteiger partial charge in [0.05, 0.1) is 0 Å². The molecule has 0 saturated heterocycles. The Hall–Kier alpha value is -4.05. The predicted octanol–water partition coefficient (Wildman–Crippen LogP) is 7.01. The first-order valence-corrected chi connectivity index (χ1v) is 12.9. The van der Waals surface area contributed by atoms with Gasteiger partial charge in [-0.3, -0.25) is 4.79 Å². The molecule has 2 unspecified atom stereocenters. The summed E-state index contributed by atoms with van der Waals surface area (Å²) in [6.07, 6.45) is 21.5. The Morgan fingerprint density at radius 3 is 2.35 bits per heavy atom. The third kappa shape index (κ3) is 10.2. The Kier molecular flexibility index (Phi) is 11.3. The topological polar surface area (TPSA) is 61.4 Å². The van der Waals surface area contributed by atoms with Crippen molar-refractivity contribution in [2.45, 2.75) is 32.2 Å². The quantitative estimate of drug-likeness (QED) is 0.184. The number of nitrogens with one attached hydrogen (secondary N) is 2. The minimum Gasteiger partial charge on any atom is -0.481 e. The molecule has 0 bridgehead atoms. The standard InChI is InChI=1S/C33H38N2O2/c1-3-5-8-26(4-2)24-35-32-10-7-6-9-29(23-32)14-11-27-12-15-30(16-13-27)25-34-31-20-17-28(18-21-31)19-22-33(36)37/h3-10,12-13,15-18,20-21,23,26,29,34-35H,1-2,11,14,19,22,24-25H2,(H,36,37). The molecule has 37 heavy (non-hydrogen) atoms. The lowest BCUT2D eigenvalue weighted by Crippen LogP contribution is -2.19. The van der Waals surface area contributed by atoms with Gasteiger partial charge in [0.25, 0.3) is 0 Å². The molecule has 0 heterocycles. The largest absolute Gasteiger partial charge is 0.481 e. The van der Waals surface area contributed by atoms with Crippen LogP contribution in [0, 0.1) is 11.8 Å². The SMILES string of the molecule is C=CC=CC(C=C)CNC1=CC(CCc2ccc(CNc3ccc(CCC(=O)O)cc3)cc2)C=CC=C1. The van der Waals surface area contributed by atoms with Gasteiger partial charge in [-0.2, -0.15) is 0 Å². The average molecular weight is 495 g/mol. The first kappa shape index (κ1) is 27.5. The first-order valence-electron chi connectivity index (χ1n) is 12.9. The van der Waals surface area contributed by atoms with E-state index in [0.29, 0.717) is 12.3 Å². The van der Waals surface area contributed by atoms with Gasteiger partial charge in [0, 0.05) is 36.8 Å². The Morgan fingerprint density at radius 1 is 0.946 bits per heavy atom. The molecule has 3 N–H and O–H groups in total. The van der Waals surface area contributed by atoms with Crippen LogP contribution < -0.4 is 10.6 Å². The molecule has 192 valence electrons. The van der Waals surface area contributed by atoms with E-state index in [-0.39, 0.29) is 12.3 Å². The van der Waals surface area contributed by atoms with E-state index in [2.05, 4.69) is 84.5 Å². The van der Waals surface area contributed by atoms with Crippen molar-refractivity contribution in [3.05, 3.63) is 139 Å². The van der Waals surface area contributed by atoms with Gasteiger partial charge in [-0.15, -0.1) is 6.58 Å². The molecular formula is C33H38N2O2. The molecule has 0 aromatic heterocycles. The Labute approximate surface area is 221 Å². The lowest BCUT2D eigenvalue weighted by Gasteiger charge is -2.14. The van der Waals surface area contributed by atoms with Gasteiger partial charge >= 0.3 is 5.97 Å². The molecule has 2 aromatic carbocycles. The van der Waals surface area contributed by atoms with E-state index >= 15 is 0 Å². The zero-order valence-electron chi connectivity index (χ0n) is 21.5. The van der Waals surface area contributed by atoms with E-state index in [0.717, 1.165) is 42.9 Å². The number of carboxylic acid groups (broad SMARTS) is 1. The zero-order chi connectivity index (χ0) is 26.3. The maximum atomic E-state index is 10.7. The van der Waals surface area contributed by atoms with Crippen molar-refractivity contribution in [3.8, 4) is 0 Å². The number of anilines is 1. The second kappa shape index (κ2) is 15.1. The van der Waals surface area contributed by atoms with Gasteiger partial charge in [-0.25, -0.2) is 0 Å². The number of allylic oxidation sites excluding steroid dienone is 7. The van der Waals surface area contributed by atoms with Crippen molar-refractivity contribution in [3.63, 3.8) is 0 Å². The highest BCUT2D eigenvalue weighted by molar-refractivity contribution is 5.67. The lowest BCUT2D eigenvalue weighted by atomic mass is 9.97. The van der Waals surface area contributed by atoms with E-state index in [4.69, 9.17) is 5.11 Å². The van der Waals surface area contributed by atoms with E-state index in [1.807, 2.05) is 36.4 Å². The number of carbonyl (C=O) groups is 1. The number of benzene rings is 2. The fourth-order valence-corrected chi connectivity index (χ4v) is 4.09. The summed E-state index contributed by atoms with van der Waals surface area (Å²) in [7, 11) is 0. The summed E-state index contributed by atoms with van der Waals surface area (Å²) in [5.74, 6) is -0.127. The van der Waals surface area contributed by atoms with Crippen LogP contribution in [0.4, 0.5) is 5.69 Å². The van der Waals surface area contributed by atoms with Crippen LogP contribution in [-0.4, -0.2) is 17.6 Å². The lowest BCUT2D eigenvalue weighted by molar-refractivity contribution is -0.136. The second-order valence-electron chi connectivity index (χ2n) is 9.23. The molecule has 2 aromatic rings. The number of rotatable bonds is 15. The van der Waals surface area contributed by atoms with Gasteiger partial charge in [0.15, 0.2) is 0 Å². The highest BCUT2D eigenvalue weighted by Gasteiger charge is 2.08. The number of hydrogen-bond acceptors (Lipinski definition) is 3. The fourth-order valence-electron chi connectivity index (χ4n) is 4.09. The molecule has 3 rings (SSSR count). The summed E-state index contributed by atoms with van der Waals surface area (Å²) in [6.45, 7) is 9.21. The van der Waals surface area contributed by atoms with Crippen LogP contribution in [0.3, 0.4) is 0 Å². The highest BCUT2D eigenvalue weighted by atomic mass is 16.4. The van der Waals surface area contributed by atoms with Crippen LogP contribution in [-0.2, 0) is 24.2 Å². The van der Waals surface area contributed by atoms with Gasteiger partial charge in [-0.1, -0.05) is 91.6 Å². The van der Waals surface area contributed by atoms with E-state index in [1.54, 1.807) is 6.08 Å². The first-order chi connectivity index (χ1) is 18.1. The molecule has 0 fully saturated rings. The number of carboxylic acids is 1. The third-order valence-electron chi connectivity index (χ3n) is 6.35. The van der Waals surface area contributed by atoms with Crippen molar-refractivity contribution in [2.24, 2.45) is 11.8 Å². The molecule has 0 aliphatic heterocycles. The van der Waals surface area contributed by atoms with Crippen LogP contribution in [0.15, 0.2) is 122 Å². The normalized spacial score (nSPS) is 15.6. The molecule has 2 atom stereocenters. The van der Waals surface area contributed by atoms with Crippen molar-refractivity contribution in [2.75, 3.05) is 11.9 Å². The second-order valence-corrected chi connectivity index (χ2v) is 9.23. The molecule has 4 nitrogen and oxygen atoms in total. The summed E-state index contributed by atoms with van der Waals surface area (Å²) < 4.78 is 0. The van der Waals surface area contributed by atoms with Gasteiger partial charge < -0.3 is 15.7 Å². The minimum atomic E-state index is -0.767. The molecule has 0 spiro atoms. The van der Waals surface area contributed by atoms with E-state index in [1.165, 1.54) is 11.1 Å². The van der Waals surface area contributed by atoms with Crippen LogP contribution in [0.25, 0.3) is 0 Å². The Balaban J connectivity index is 1.46. The van der Waals surface area contributed by atoms with Crippen molar-refractivity contribution < 1.29 is 9.90 Å². The van der Waals surface area contributed by atoms with Crippen molar-refractivity contribution in [1.29, 1.82) is 0 Å². The maximum absolute atomic E-state index is 10.7. The molecule has 0 radical (unpaired) electrons. The fraction of sp³-hybridized carbons (Fsp3) is 0.242. The Morgan fingerprint density at radius 2 is 1.65 bits per heavy atom. The van der Waals surface area contributed by atoms with Gasteiger partial charge in [0.1, 0.15) is 0 Å². The van der Waals surface area contributed by atoms with Crippen LogP contribution in [0.1, 0.15) is 29.5 Å². The highest BCUT2D eigenvalue weighted by Crippen LogP contribution is 2.18. The van der Waals surface area contributed by atoms with E-state index in [9.17, 15) is 4.79 Å². The molecular weight excluding hydrogens is 456 g/mol. The Bertz CT molecular complexity index is 1140. The average Bonchev–Trinajstić information content (AvgIpc) is 3.16. The monoisotopic (exact) mass is 494 g/mol. The van der Waals surface area contributed by atoms with Crippen LogP contribution in [0.5, 0.6) is 0 Å². The third-order valence-corrected chi connectivity index (χ3v) is 6.35. The molecule has 0 amide bonds. The molecule has 1 aliphatic carbocycles. The number of hydrogen-bond donors (Lipinski definition) is 3. The summed E-state index contributed by atoms with van der Waals surface area (Å²) >= 11 is 0. The summed E-state index contributed by atoms with van der Waals surface area (Å²) in [6, 6.07) is 16.8. The summed E-state index contributed by atoms with van der Waals surface area (Å²) in [4.78, 5) is 10.7. The summed E-state index contributed by atoms with van der Waals surface area (Å²) in [5, 5.41) is 15.8. The minimum absolute atomic E-state index is 0.159. The van der Waals surface area contributed by atoms with Crippen molar-refractivity contribution >= 4 is 11.7 Å². The molecule has 0 saturated carbocycles. The maximum Gasteiger partial charge on any atom is 0.303 e. The van der Waals surface area contributed by atoms with E-state index < -0.39 is 5.97 Å².